The van der Waals surface area contributed by atoms with Crippen LogP contribution in [0.4, 0.5) is 0 Å². The summed E-state index contributed by atoms with van der Waals surface area (Å²) in [6.07, 6.45) is 0. The van der Waals surface area contributed by atoms with Gasteiger partial charge < -0.3 is 5.73 Å². The molecule has 11 heavy (non-hydrogen) atoms. The Morgan fingerprint density at radius 3 is 2.00 bits per heavy atom. The SMILES string of the molecule is CC(N)SC(N(C)C)=[N+](C)C. The van der Waals surface area contributed by atoms with Crippen molar-refractivity contribution in [3.63, 3.8) is 0 Å². The molecule has 0 heterocycles. The van der Waals surface area contributed by atoms with E-state index in [4.69, 9.17) is 5.73 Å². The van der Waals surface area contributed by atoms with Crippen molar-refractivity contribution in [1.29, 1.82) is 0 Å². The Morgan fingerprint density at radius 2 is 1.91 bits per heavy atom. The average molecular weight is 176 g/mol. The third-order valence-electron chi connectivity index (χ3n) is 1.06. The first-order valence-corrected chi connectivity index (χ1v) is 4.47. The fraction of sp³-hybridized carbons (Fsp3) is 0.857. The Bertz CT molecular complexity index is 148. The second-order valence-corrected chi connectivity index (χ2v) is 4.24. The zero-order valence-electron chi connectivity index (χ0n) is 7.96. The summed E-state index contributed by atoms with van der Waals surface area (Å²) in [5.74, 6) is 0. The molecule has 0 aliphatic rings. The molecule has 0 spiro atoms. The topological polar surface area (TPSA) is 32.3 Å². The summed E-state index contributed by atoms with van der Waals surface area (Å²) in [6.45, 7) is 1.98. The first kappa shape index (κ1) is 10.8. The first-order valence-electron chi connectivity index (χ1n) is 3.59. The van der Waals surface area contributed by atoms with Gasteiger partial charge in [-0.3, -0.25) is 9.48 Å². The predicted molar refractivity (Wildman–Crippen MR) is 52.0 cm³/mol. The lowest BCUT2D eigenvalue weighted by Gasteiger charge is -2.11. The van der Waals surface area contributed by atoms with Gasteiger partial charge in [-0.05, 0) is 18.7 Å². The van der Waals surface area contributed by atoms with E-state index in [1.807, 2.05) is 35.1 Å². The molecule has 0 aromatic carbocycles. The van der Waals surface area contributed by atoms with E-state index in [1.54, 1.807) is 11.8 Å². The second-order valence-electron chi connectivity index (χ2n) is 2.89. The molecular formula is C7H18N3S+. The van der Waals surface area contributed by atoms with Crippen LogP contribution in [0.1, 0.15) is 6.92 Å². The molecule has 4 heteroatoms. The van der Waals surface area contributed by atoms with Crippen LogP contribution in [0, 0.1) is 0 Å². The van der Waals surface area contributed by atoms with E-state index in [-0.39, 0.29) is 5.37 Å². The van der Waals surface area contributed by atoms with E-state index < -0.39 is 0 Å². The van der Waals surface area contributed by atoms with Gasteiger partial charge in [0.15, 0.2) is 0 Å². The van der Waals surface area contributed by atoms with E-state index in [0.29, 0.717) is 0 Å². The third-order valence-corrected chi connectivity index (χ3v) is 2.37. The molecule has 0 rings (SSSR count). The molecular weight excluding hydrogens is 158 g/mol. The Morgan fingerprint density at radius 1 is 1.45 bits per heavy atom. The number of hydrogen-bond acceptors (Lipinski definition) is 2. The van der Waals surface area contributed by atoms with Crippen LogP contribution in [0.3, 0.4) is 0 Å². The standard InChI is InChI=1S/C7H18N3S/c1-6(8)11-7(9(2)3)10(4)5/h6H,8H2,1-5H3/q+1. The third kappa shape index (κ3) is 4.27. The van der Waals surface area contributed by atoms with Crippen LogP contribution < -0.4 is 5.73 Å². The van der Waals surface area contributed by atoms with Gasteiger partial charge in [0.2, 0.25) is 0 Å². The van der Waals surface area contributed by atoms with Gasteiger partial charge >= 0.3 is 5.17 Å². The van der Waals surface area contributed by atoms with Gasteiger partial charge in [0, 0.05) is 0 Å². The smallest absolute Gasteiger partial charge is 0.308 e. The van der Waals surface area contributed by atoms with Gasteiger partial charge in [-0.15, -0.1) is 0 Å². The van der Waals surface area contributed by atoms with Crippen LogP contribution in [0.25, 0.3) is 0 Å². The molecule has 3 nitrogen and oxygen atoms in total. The fourth-order valence-corrected chi connectivity index (χ4v) is 1.53. The number of hydrogen-bond donors (Lipinski definition) is 1. The molecule has 0 saturated heterocycles. The Hall–Kier alpha value is -0.220. The van der Waals surface area contributed by atoms with Crippen molar-refractivity contribution in [1.82, 2.24) is 4.90 Å². The van der Waals surface area contributed by atoms with Gasteiger partial charge in [0.05, 0.1) is 33.6 Å². The number of nitrogens with zero attached hydrogens (tertiary/aromatic N) is 2. The monoisotopic (exact) mass is 176 g/mol. The molecule has 0 bridgehead atoms. The van der Waals surface area contributed by atoms with E-state index in [9.17, 15) is 0 Å². The Balaban J connectivity index is 4.26. The number of amidine groups is 1. The van der Waals surface area contributed by atoms with Crippen molar-refractivity contribution in [3.8, 4) is 0 Å². The summed E-state index contributed by atoms with van der Waals surface area (Å²) in [5, 5.41) is 1.33. The summed E-state index contributed by atoms with van der Waals surface area (Å²) in [7, 11) is 8.07. The zero-order chi connectivity index (χ0) is 9.02. The molecule has 0 aliphatic carbocycles. The summed E-state index contributed by atoms with van der Waals surface area (Å²) in [6, 6.07) is 0. The minimum absolute atomic E-state index is 0.148. The maximum Gasteiger partial charge on any atom is 0.308 e. The maximum atomic E-state index is 5.66. The lowest BCUT2D eigenvalue weighted by molar-refractivity contribution is -0.466. The predicted octanol–water partition coefficient (Wildman–Crippen LogP) is 0.214. The summed E-state index contributed by atoms with van der Waals surface area (Å²) in [5.41, 5.74) is 5.66. The first-order chi connectivity index (χ1) is 4.95. The molecule has 0 saturated carbocycles. The van der Waals surface area contributed by atoms with Crippen molar-refractivity contribution >= 4 is 16.9 Å². The second kappa shape index (κ2) is 4.62. The number of rotatable bonds is 1. The van der Waals surface area contributed by atoms with Crippen LogP contribution >= 0.6 is 11.8 Å². The molecule has 0 aliphatic heterocycles. The fourth-order valence-electron chi connectivity index (χ4n) is 0.777. The van der Waals surface area contributed by atoms with Gasteiger partial charge in [-0.1, -0.05) is 0 Å². The average Bonchev–Trinajstić information content (AvgIpc) is 1.81. The van der Waals surface area contributed by atoms with Crippen LogP contribution in [0.2, 0.25) is 0 Å². The summed E-state index contributed by atoms with van der Waals surface area (Å²) < 4.78 is 2.06. The van der Waals surface area contributed by atoms with E-state index >= 15 is 0 Å². The minimum atomic E-state index is 0.148. The lowest BCUT2D eigenvalue weighted by Crippen LogP contribution is -2.30. The van der Waals surface area contributed by atoms with Crippen molar-refractivity contribution < 1.29 is 4.58 Å². The largest absolute Gasteiger partial charge is 0.319 e. The highest BCUT2D eigenvalue weighted by Crippen LogP contribution is 2.08. The van der Waals surface area contributed by atoms with Crippen molar-refractivity contribution in [3.05, 3.63) is 0 Å². The highest BCUT2D eigenvalue weighted by Gasteiger charge is 2.13. The molecule has 66 valence electrons. The minimum Gasteiger partial charge on any atom is -0.319 e. The van der Waals surface area contributed by atoms with Crippen LogP contribution in [-0.4, -0.2) is 48.2 Å². The highest BCUT2D eigenvalue weighted by molar-refractivity contribution is 8.14. The molecule has 1 atom stereocenters. The van der Waals surface area contributed by atoms with Gasteiger partial charge in [-0.25, -0.2) is 0 Å². The quantitative estimate of drug-likeness (QED) is 0.268. The maximum absolute atomic E-state index is 5.66. The van der Waals surface area contributed by atoms with Crippen LogP contribution in [0.5, 0.6) is 0 Å². The Kier molecular flexibility index (Phi) is 4.52. The van der Waals surface area contributed by atoms with E-state index in [0.717, 1.165) is 0 Å². The Labute approximate surface area is 73.3 Å². The molecule has 0 fully saturated rings. The molecule has 0 aromatic rings. The van der Waals surface area contributed by atoms with Gasteiger partial charge in [-0.2, -0.15) is 0 Å². The normalized spacial score (nSPS) is 12.5. The van der Waals surface area contributed by atoms with E-state index in [2.05, 4.69) is 9.48 Å². The van der Waals surface area contributed by atoms with Gasteiger partial charge in [0.25, 0.3) is 0 Å². The van der Waals surface area contributed by atoms with Crippen molar-refractivity contribution in [2.24, 2.45) is 5.73 Å². The number of thioether (sulfide) groups is 1. The summed E-state index contributed by atoms with van der Waals surface area (Å²) in [4.78, 5) is 2.06. The molecule has 0 aromatic heterocycles. The van der Waals surface area contributed by atoms with Crippen molar-refractivity contribution in [2.75, 3.05) is 28.2 Å². The molecule has 2 N–H and O–H groups in total. The van der Waals surface area contributed by atoms with Crippen LogP contribution in [0.15, 0.2) is 0 Å². The zero-order valence-corrected chi connectivity index (χ0v) is 8.77. The summed E-state index contributed by atoms with van der Waals surface area (Å²) >= 11 is 1.66. The van der Waals surface area contributed by atoms with Gasteiger partial charge in [0.1, 0.15) is 0 Å². The molecule has 0 radical (unpaired) electrons. The molecule has 1 unspecified atom stereocenters. The van der Waals surface area contributed by atoms with Crippen molar-refractivity contribution in [2.45, 2.75) is 12.3 Å². The van der Waals surface area contributed by atoms with Crippen LogP contribution in [-0.2, 0) is 0 Å². The highest BCUT2D eigenvalue weighted by atomic mass is 32.2. The van der Waals surface area contributed by atoms with E-state index in [1.165, 1.54) is 5.17 Å². The lowest BCUT2D eigenvalue weighted by atomic mass is 10.8. The molecule has 0 amide bonds. The number of nitrogens with two attached hydrogens (primary N) is 1.